The SMILES string of the molecule is C=CCC(COCc1ccccc1)N1C(=O)c2ccccc2C1=O. The number of benzene rings is 2. The Hall–Kier alpha value is -2.72. The summed E-state index contributed by atoms with van der Waals surface area (Å²) in [6.07, 6.45) is 2.21. The van der Waals surface area contributed by atoms with Crippen molar-refractivity contribution in [2.75, 3.05) is 6.61 Å². The maximum absolute atomic E-state index is 12.6. The van der Waals surface area contributed by atoms with E-state index < -0.39 is 0 Å². The van der Waals surface area contributed by atoms with Crippen molar-refractivity contribution in [3.8, 4) is 0 Å². The van der Waals surface area contributed by atoms with E-state index in [1.54, 1.807) is 30.3 Å². The first kappa shape index (κ1) is 16.1. The summed E-state index contributed by atoms with van der Waals surface area (Å²) in [4.78, 5) is 26.4. The number of amides is 2. The average Bonchev–Trinajstić information content (AvgIpc) is 2.87. The molecule has 1 unspecified atom stereocenters. The van der Waals surface area contributed by atoms with Crippen LogP contribution in [0, 0.1) is 0 Å². The molecule has 1 heterocycles. The molecule has 0 bridgehead atoms. The van der Waals surface area contributed by atoms with Crippen molar-refractivity contribution >= 4 is 11.8 Å². The molecule has 24 heavy (non-hydrogen) atoms. The number of hydrogen-bond donors (Lipinski definition) is 0. The molecule has 0 aliphatic carbocycles. The molecular weight excluding hydrogens is 302 g/mol. The highest BCUT2D eigenvalue weighted by molar-refractivity contribution is 6.21. The van der Waals surface area contributed by atoms with Gasteiger partial charge in [-0.3, -0.25) is 14.5 Å². The molecule has 122 valence electrons. The fourth-order valence-electron chi connectivity index (χ4n) is 2.87. The predicted octanol–water partition coefficient (Wildman–Crippen LogP) is 3.44. The van der Waals surface area contributed by atoms with Crippen molar-refractivity contribution in [1.29, 1.82) is 0 Å². The molecule has 2 aromatic carbocycles. The quantitative estimate of drug-likeness (QED) is 0.580. The van der Waals surface area contributed by atoms with Gasteiger partial charge in [-0.1, -0.05) is 48.5 Å². The van der Waals surface area contributed by atoms with E-state index in [0.717, 1.165) is 5.56 Å². The largest absolute Gasteiger partial charge is 0.375 e. The van der Waals surface area contributed by atoms with Gasteiger partial charge in [0.05, 0.1) is 30.4 Å². The highest BCUT2D eigenvalue weighted by Crippen LogP contribution is 2.25. The zero-order valence-electron chi connectivity index (χ0n) is 13.4. The lowest BCUT2D eigenvalue weighted by Gasteiger charge is -2.25. The number of ether oxygens (including phenoxy) is 1. The summed E-state index contributed by atoms with van der Waals surface area (Å²) in [5.74, 6) is -0.517. The van der Waals surface area contributed by atoms with Crippen molar-refractivity contribution < 1.29 is 14.3 Å². The lowest BCUT2D eigenvalue weighted by Crippen LogP contribution is -2.42. The third kappa shape index (κ3) is 3.14. The summed E-state index contributed by atoms with van der Waals surface area (Å²) < 4.78 is 5.75. The number of carbonyl (C=O) groups excluding carboxylic acids is 2. The summed E-state index contributed by atoms with van der Waals surface area (Å²) in [5.41, 5.74) is 1.97. The minimum atomic E-state index is -0.349. The Balaban J connectivity index is 1.71. The Morgan fingerprint density at radius 1 is 0.958 bits per heavy atom. The highest BCUT2D eigenvalue weighted by atomic mass is 16.5. The number of rotatable bonds is 7. The van der Waals surface area contributed by atoms with Crippen LogP contribution in [-0.2, 0) is 11.3 Å². The highest BCUT2D eigenvalue weighted by Gasteiger charge is 2.39. The van der Waals surface area contributed by atoms with Gasteiger partial charge in [0.15, 0.2) is 0 Å². The number of carbonyl (C=O) groups is 2. The van der Waals surface area contributed by atoms with Crippen molar-refractivity contribution in [3.63, 3.8) is 0 Å². The first-order valence-electron chi connectivity index (χ1n) is 7.92. The molecule has 4 heteroatoms. The zero-order valence-corrected chi connectivity index (χ0v) is 13.4. The standard InChI is InChI=1S/C20H19NO3/c1-2-8-16(14-24-13-15-9-4-3-5-10-15)21-19(22)17-11-6-7-12-18(17)20(21)23/h2-7,9-12,16H,1,8,13-14H2. The third-order valence-corrected chi connectivity index (χ3v) is 4.05. The second-order valence-electron chi connectivity index (χ2n) is 5.70. The molecular formula is C20H19NO3. The van der Waals surface area contributed by atoms with Crippen LogP contribution in [-0.4, -0.2) is 29.4 Å². The number of imide groups is 1. The molecule has 0 saturated heterocycles. The Bertz CT molecular complexity index is 719. The molecule has 2 amide bonds. The van der Waals surface area contributed by atoms with E-state index in [0.29, 0.717) is 24.2 Å². The first-order chi connectivity index (χ1) is 11.7. The predicted molar refractivity (Wildman–Crippen MR) is 91.6 cm³/mol. The van der Waals surface area contributed by atoms with Crippen LogP contribution < -0.4 is 0 Å². The van der Waals surface area contributed by atoms with Crippen molar-refractivity contribution in [1.82, 2.24) is 4.90 Å². The van der Waals surface area contributed by atoms with Crippen LogP contribution >= 0.6 is 0 Å². The van der Waals surface area contributed by atoms with Gasteiger partial charge in [-0.15, -0.1) is 6.58 Å². The summed E-state index contributed by atoms with van der Waals surface area (Å²) in [6, 6.07) is 16.4. The van der Waals surface area contributed by atoms with Gasteiger partial charge in [-0.2, -0.15) is 0 Å². The average molecular weight is 321 g/mol. The summed E-state index contributed by atoms with van der Waals surface area (Å²) in [5, 5.41) is 0. The Labute approximate surface area is 141 Å². The molecule has 0 radical (unpaired) electrons. The molecule has 1 aliphatic heterocycles. The van der Waals surface area contributed by atoms with Crippen LogP contribution in [0.3, 0.4) is 0 Å². The topological polar surface area (TPSA) is 46.6 Å². The minimum absolute atomic E-state index is 0.259. The van der Waals surface area contributed by atoms with Gasteiger partial charge >= 0.3 is 0 Å². The van der Waals surface area contributed by atoms with Crippen molar-refractivity contribution in [3.05, 3.63) is 83.9 Å². The van der Waals surface area contributed by atoms with Crippen LogP contribution in [0.2, 0.25) is 0 Å². The van der Waals surface area contributed by atoms with Crippen LogP contribution in [0.1, 0.15) is 32.7 Å². The van der Waals surface area contributed by atoms with Crippen LogP contribution in [0.4, 0.5) is 0 Å². The minimum Gasteiger partial charge on any atom is -0.375 e. The smallest absolute Gasteiger partial charge is 0.261 e. The summed E-state index contributed by atoms with van der Waals surface area (Å²) >= 11 is 0. The van der Waals surface area contributed by atoms with E-state index in [9.17, 15) is 9.59 Å². The maximum atomic E-state index is 12.6. The molecule has 1 aliphatic rings. The summed E-state index contributed by atoms with van der Waals surface area (Å²) in [7, 11) is 0. The molecule has 0 fully saturated rings. The van der Waals surface area contributed by atoms with Crippen molar-refractivity contribution in [2.24, 2.45) is 0 Å². The molecule has 1 atom stereocenters. The van der Waals surface area contributed by atoms with Gasteiger partial charge in [-0.25, -0.2) is 0 Å². The Morgan fingerprint density at radius 2 is 1.54 bits per heavy atom. The number of nitrogens with zero attached hydrogens (tertiary/aromatic N) is 1. The second-order valence-corrected chi connectivity index (χ2v) is 5.70. The Kier molecular flexibility index (Phi) is 4.87. The van der Waals surface area contributed by atoms with E-state index in [1.165, 1.54) is 4.90 Å². The normalized spacial score (nSPS) is 14.6. The molecule has 3 rings (SSSR count). The van der Waals surface area contributed by atoms with Gasteiger partial charge in [0, 0.05) is 0 Å². The lowest BCUT2D eigenvalue weighted by molar-refractivity contribution is 0.0369. The Morgan fingerprint density at radius 3 is 2.12 bits per heavy atom. The number of hydrogen-bond acceptors (Lipinski definition) is 3. The summed E-state index contributed by atoms with van der Waals surface area (Å²) in [6.45, 7) is 4.46. The van der Waals surface area contributed by atoms with Crippen LogP contribution in [0.15, 0.2) is 67.3 Å². The number of fused-ring (bicyclic) bond motifs is 1. The lowest BCUT2D eigenvalue weighted by atomic mass is 10.1. The van der Waals surface area contributed by atoms with Gasteiger partial charge < -0.3 is 4.74 Å². The molecule has 0 aromatic heterocycles. The van der Waals surface area contributed by atoms with Gasteiger partial charge in [-0.05, 0) is 24.1 Å². The molecule has 0 N–H and O–H groups in total. The van der Waals surface area contributed by atoms with E-state index in [1.807, 2.05) is 30.3 Å². The second kappa shape index (κ2) is 7.23. The van der Waals surface area contributed by atoms with E-state index in [4.69, 9.17) is 4.74 Å². The fourth-order valence-corrected chi connectivity index (χ4v) is 2.87. The van der Waals surface area contributed by atoms with Crippen LogP contribution in [0.25, 0.3) is 0 Å². The monoisotopic (exact) mass is 321 g/mol. The third-order valence-electron chi connectivity index (χ3n) is 4.05. The molecule has 2 aromatic rings. The van der Waals surface area contributed by atoms with E-state index in [2.05, 4.69) is 6.58 Å². The van der Waals surface area contributed by atoms with Crippen LogP contribution in [0.5, 0.6) is 0 Å². The first-order valence-corrected chi connectivity index (χ1v) is 7.92. The van der Waals surface area contributed by atoms with E-state index >= 15 is 0 Å². The fraction of sp³-hybridized carbons (Fsp3) is 0.200. The van der Waals surface area contributed by atoms with E-state index in [-0.39, 0.29) is 24.5 Å². The zero-order chi connectivity index (χ0) is 16.9. The van der Waals surface area contributed by atoms with Gasteiger partial charge in [0.1, 0.15) is 0 Å². The molecule has 4 nitrogen and oxygen atoms in total. The van der Waals surface area contributed by atoms with Crippen molar-refractivity contribution in [2.45, 2.75) is 19.1 Å². The maximum Gasteiger partial charge on any atom is 0.261 e. The van der Waals surface area contributed by atoms with Gasteiger partial charge in [0.25, 0.3) is 11.8 Å². The molecule has 0 saturated carbocycles. The van der Waals surface area contributed by atoms with Gasteiger partial charge in [0.2, 0.25) is 0 Å². The molecule has 0 spiro atoms.